The van der Waals surface area contributed by atoms with Gasteiger partial charge < -0.3 is 0 Å². The van der Waals surface area contributed by atoms with E-state index in [1.54, 1.807) is 24.0 Å². The molecule has 3 aromatic rings. The van der Waals surface area contributed by atoms with Crippen molar-refractivity contribution < 1.29 is 4.39 Å². The zero-order chi connectivity index (χ0) is 15.3. The van der Waals surface area contributed by atoms with Crippen molar-refractivity contribution in [1.29, 1.82) is 0 Å². The molecule has 1 aliphatic heterocycles. The highest BCUT2D eigenvalue weighted by atomic mass is 35.5. The molecule has 0 saturated heterocycles. The molecule has 0 radical (unpaired) electrons. The fourth-order valence-electron chi connectivity index (χ4n) is 2.75. The zero-order valence-electron chi connectivity index (χ0n) is 11.3. The van der Waals surface area contributed by atoms with Crippen LogP contribution in [0.15, 0.2) is 46.2 Å². The SMILES string of the molecule is O=c1c2c(c3cccnc3n1-c1ccc(F)c(Cl)c1)SCC2. The number of thioether (sulfide) groups is 1. The number of rotatable bonds is 1. The summed E-state index contributed by atoms with van der Waals surface area (Å²) in [6.07, 6.45) is 2.38. The maximum atomic E-state index is 13.4. The molecule has 0 amide bonds. The van der Waals surface area contributed by atoms with Crippen LogP contribution in [0.3, 0.4) is 0 Å². The van der Waals surface area contributed by atoms with Gasteiger partial charge in [-0.15, -0.1) is 11.8 Å². The number of pyridine rings is 2. The van der Waals surface area contributed by atoms with E-state index < -0.39 is 5.82 Å². The Morgan fingerprint density at radius 1 is 1.32 bits per heavy atom. The summed E-state index contributed by atoms with van der Waals surface area (Å²) in [4.78, 5) is 18.2. The number of hydrogen-bond acceptors (Lipinski definition) is 3. The summed E-state index contributed by atoms with van der Waals surface area (Å²) in [6.45, 7) is 0. The van der Waals surface area contributed by atoms with Gasteiger partial charge in [0.25, 0.3) is 5.56 Å². The molecule has 6 heteroatoms. The first-order valence-corrected chi connectivity index (χ1v) is 8.14. The molecule has 0 unspecified atom stereocenters. The Hall–Kier alpha value is -1.85. The minimum atomic E-state index is -0.507. The van der Waals surface area contributed by atoms with E-state index in [1.165, 1.54) is 16.7 Å². The van der Waals surface area contributed by atoms with Gasteiger partial charge in [0.05, 0.1) is 10.7 Å². The number of fused-ring (bicyclic) bond motifs is 3. The number of halogens is 2. The van der Waals surface area contributed by atoms with Gasteiger partial charge in [0.15, 0.2) is 0 Å². The molecule has 3 heterocycles. The van der Waals surface area contributed by atoms with Crippen LogP contribution in [0.2, 0.25) is 5.02 Å². The third-order valence-electron chi connectivity index (χ3n) is 3.74. The monoisotopic (exact) mass is 332 g/mol. The summed E-state index contributed by atoms with van der Waals surface area (Å²) in [7, 11) is 0. The maximum Gasteiger partial charge on any atom is 0.261 e. The quantitative estimate of drug-likeness (QED) is 0.679. The fraction of sp³-hybridized carbons (Fsp3) is 0.125. The normalized spacial score (nSPS) is 13.5. The first-order chi connectivity index (χ1) is 10.7. The van der Waals surface area contributed by atoms with Crippen LogP contribution >= 0.6 is 23.4 Å². The highest BCUT2D eigenvalue weighted by Gasteiger charge is 2.22. The van der Waals surface area contributed by atoms with Gasteiger partial charge in [-0.1, -0.05) is 11.6 Å². The molecule has 22 heavy (non-hydrogen) atoms. The minimum absolute atomic E-state index is 0.0108. The van der Waals surface area contributed by atoms with E-state index in [1.807, 2.05) is 12.1 Å². The van der Waals surface area contributed by atoms with E-state index in [-0.39, 0.29) is 10.6 Å². The summed E-state index contributed by atoms with van der Waals surface area (Å²) in [5.74, 6) is 0.385. The largest absolute Gasteiger partial charge is 0.269 e. The lowest BCUT2D eigenvalue weighted by Gasteiger charge is -2.13. The summed E-state index contributed by atoms with van der Waals surface area (Å²) < 4.78 is 14.9. The van der Waals surface area contributed by atoms with Crippen molar-refractivity contribution in [3.63, 3.8) is 0 Å². The second-order valence-electron chi connectivity index (χ2n) is 5.02. The average Bonchev–Trinajstić information content (AvgIpc) is 3.01. The predicted octanol–water partition coefficient (Wildman–Crippen LogP) is 3.83. The van der Waals surface area contributed by atoms with Crippen molar-refractivity contribution in [3.8, 4) is 5.69 Å². The van der Waals surface area contributed by atoms with E-state index in [0.717, 1.165) is 28.0 Å². The first kappa shape index (κ1) is 13.8. The summed E-state index contributed by atoms with van der Waals surface area (Å²) in [5.41, 5.74) is 1.79. The highest BCUT2D eigenvalue weighted by Crippen LogP contribution is 2.35. The van der Waals surface area contributed by atoms with E-state index in [2.05, 4.69) is 4.98 Å². The summed E-state index contributed by atoms with van der Waals surface area (Å²) in [5, 5.41) is 0.934. The molecular weight excluding hydrogens is 323 g/mol. The smallest absolute Gasteiger partial charge is 0.261 e. The fourth-order valence-corrected chi connectivity index (χ4v) is 4.11. The van der Waals surface area contributed by atoms with Crippen LogP contribution in [0.1, 0.15) is 5.56 Å². The number of hydrogen-bond donors (Lipinski definition) is 0. The lowest BCUT2D eigenvalue weighted by molar-refractivity contribution is 0.628. The number of nitrogens with zero attached hydrogens (tertiary/aromatic N) is 2. The summed E-state index contributed by atoms with van der Waals surface area (Å²) in [6, 6.07) is 8.08. The Labute approximate surface area is 134 Å². The molecule has 0 N–H and O–H groups in total. The molecule has 0 atom stereocenters. The highest BCUT2D eigenvalue weighted by molar-refractivity contribution is 7.99. The van der Waals surface area contributed by atoms with Crippen molar-refractivity contribution in [3.05, 3.63) is 63.3 Å². The Balaban J connectivity index is 2.14. The molecule has 0 fully saturated rings. The Kier molecular flexibility index (Phi) is 3.20. The van der Waals surface area contributed by atoms with Crippen molar-refractivity contribution in [2.75, 3.05) is 5.75 Å². The van der Waals surface area contributed by atoms with Gasteiger partial charge in [-0.3, -0.25) is 9.36 Å². The predicted molar refractivity (Wildman–Crippen MR) is 86.7 cm³/mol. The van der Waals surface area contributed by atoms with Gasteiger partial charge in [-0.2, -0.15) is 0 Å². The molecule has 1 aliphatic rings. The summed E-state index contributed by atoms with van der Waals surface area (Å²) >= 11 is 7.55. The molecular formula is C16H10ClFN2OS. The first-order valence-electron chi connectivity index (χ1n) is 6.77. The van der Waals surface area contributed by atoms with Crippen LogP contribution < -0.4 is 5.56 Å². The number of benzene rings is 1. The van der Waals surface area contributed by atoms with Crippen molar-refractivity contribution in [2.45, 2.75) is 11.3 Å². The van der Waals surface area contributed by atoms with E-state index in [4.69, 9.17) is 11.6 Å². The van der Waals surface area contributed by atoms with Gasteiger partial charge in [0, 0.05) is 27.8 Å². The van der Waals surface area contributed by atoms with Gasteiger partial charge in [-0.25, -0.2) is 9.37 Å². The second kappa shape index (κ2) is 5.11. The topological polar surface area (TPSA) is 34.9 Å². The van der Waals surface area contributed by atoms with Gasteiger partial charge in [0.2, 0.25) is 0 Å². The van der Waals surface area contributed by atoms with Crippen LogP contribution in [0.4, 0.5) is 4.39 Å². The zero-order valence-corrected chi connectivity index (χ0v) is 12.9. The van der Waals surface area contributed by atoms with Gasteiger partial charge >= 0.3 is 0 Å². The van der Waals surface area contributed by atoms with E-state index in [0.29, 0.717) is 11.3 Å². The molecule has 0 bridgehead atoms. The molecule has 110 valence electrons. The maximum absolute atomic E-state index is 13.4. The van der Waals surface area contributed by atoms with E-state index in [9.17, 15) is 9.18 Å². The molecule has 0 saturated carbocycles. The van der Waals surface area contributed by atoms with Gasteiger partial charge in [0.1, 0.15) is 11.5 Å². The third kappa shape index (κ3) is 1.96. The average molecular weight is 333 g/mol. The molecule has 4 rings (SSSR count). The molecule has 1 aromatic carbocycles. The van der Waals surface area contributed by atoms with Crippen LogP contribution in [0.25, 0.3) is 16.7 Å². The van der Waals surface area contributed by atoms with Crippen LogP contribution in [0, 0.1) is 5.82 Å². The van der Waals surface area contributed by atoms with Crippen molar-refractivity contribution in [1.82, 2.24) is 9.55 Å². The molecule has 3 nitrogen and oxygen atoms in total. The molecule has 0 aliphatic carbocycles. The Morgan fingerprint density at radius 2 is 2.18 bits per heavy atom. The standard InChI is InChI=1S/C16H10ClFN2OS/c17-12-8-9(3-4-13(12)18)20-15-10(2-1-6-19-15)14-11(16(20)21)5-7-22-14/h1-4,6,8H,5,7H2. The van der Waals surface area contributed by atoms with Gasteiger partial charge in [-0.05, 0) is 36.8 Å². The Bertz CT molecular complexity index is 970. The van der Waals surface area contributed by atoms with Crippen LogP contribution in [-0.2, 0) is 6.42 Å². The number of aromatic nitrogens is 2. The lowest BCUT2D eigenvalue weighted by atomic mass is 10.1. The van der Waals surface area contributed by atoms with E-state index >= 15 is 0 Å². The molecule has 0 spiro atoms. The third-order valence-corrected chi connectivity index (χ3v) is 5.19. The second-order valence-corrected chi connectivity index (χ2v) is 6.53. The lowest BCUT2D eigenvalue weighted by Crippen LogP contribution is -2.23. The minimum Gasteiger partial charge on any atom is -0.269 e. The van der Waals surface area contributed by atoms with Crippen molar-refractivity contribution >= 4 is 34.4 Å². The van der Waals surface area contributed by atoms with Crippen LogP contribution in [-0.4, -0.2) is 15.3 Å². The Morgan fingerprint density at radius 3 is 3.00 bits per heavy atom. The molecule has 2 aromatic heterocycles. The van der Waals surface area contributed by atoms with Crippen molar-refractivity contribution in [2.24, 2.45) is 0 Å². The van der Waals surface area contributed by atoms with Crippen LogP contribution in [0.5, 0.6) is 0 Å².